The molecule has 0 aromatic heterocycles. The smallest absolute Gasteiger partial charge is 0.312 e. The third kappa shape index (κ3) is 5.45. The van der Waals surface area contributed by atoms with Crippen molar-refractivity contribution in [2.24, 2.45) is 56.7 Å². The van der Waals surface area contributed by atoms with Crippen LogP contribution >= 0.6 is 15.9 Å². The summed E-state index contributed by atoms with van der Waals surface area (Å²) in [6.07, 6.45) is 21.0. The van der Waals surface area contributed by atoms with E-state index in [0.29, 0.717) is 36.2 Å². The number of unbranched alkanes of at least 4 members (excludes halogenated alkanes) is 6. The van der Waals surface area contributed by atoms with Crippen LogP contribution in [0.4, 0.5) is 0 Å². The van der Waals surface area contributed by atoms with Gasteiger partial charge in [0.1, 0.15) is 0 Å². The average molecular weight is 662 g/mol. The Balaban J connectivity index is 1.36. The molecule has 0 bridgehead atoms. The van der Waals surface area contributed by atoms with E-state index in [-0.39, 0.29) is 39.1 Å². The number of carbonyl (C=O) groups excluding carboxylic acids is 1. The lowest BCUT2D eigenvalue weighted by molar-refractivity contribution is -0.207. The van der Waals surface area contributed by atoms with Crippen LogP contribution in [0.3, 0.4) is 0 Å². The summed E-state index contributed by atoms with van der Waals surface area (Å²) in [5.74, 6) is 2.78. The van der Waals surface area contributed by atoms with Crippen LogP contribution in [0.25, 0.3) is 0 Å². The minimum Gasteiger partial charge on any atom is -0.465 e. The molecule has 4 saturated carbocycles. The number of carbonyl (C=O) groups is 1. The van der Waals surface area contributed by atoms with Gasteiger partial charge in [0.25, 0.3) is 0 Å². The molecule has 0 spiro atoms. The molecule has 4 fully saturated rings. The van der Waals surface area contributed by atoms with Crippen LogP contribution in [0.1, 0.15) is 151 Å². The second kappa shape index (κ2) is 12.7. The van der Waals surface area contributed by atoms with Crippen molar-refractivity contribution < 1.29 is 14.6 Å². The molecule has 5 aliphatic rings. The van der Waals surface area contributed by atoms with Gasteiger partial charge in [0, 0.05) is 5.33 Å². The molecule has 3 nitrogen and oxygen atoms in total. The van der Waals surface area contributed by atoms with Crippen molar-refractivity contribution in [2.75, 3.05) is 11.9 Å². The number of ether oxygens (including phenoxy) is 1. The fourth-order valence-corrected chi connectivity index (χ4v) is 12.6. The Labute approximate surface area is 273 Å². The standard InChI is InChI=1S/C39H65BrO3/c1-27-17-22-39(34(42)43-26-14-12-10-8-9-11-13-25-40)24-23-37(6)29(33(39)28(27)2)15-16-31-36(5)20-19-32(41)35(3,4)30(36)18-21-38(31,37)7/h15,27-28,30-33,41H,8-14,16-26H2,1-7H3/t27-,28+,30+,31-,32+,33+,36+,37-,38-,39+/m1/s1. The summed E-state index contributed by atoms with van der Waals surface area (Å²) in [6, 6.07) is 0. The normalized spacial score (nSPS) is 45.2. The number of rotatable bonds is 10. The van der Waals surface area contributed by atoms with E-state index in [0.717, 1.165) is 56.7 Å². The summed E-state index contributed by atoms with van der Waals surface area (Å²) in [4.78, 5) is 14.2. The molecule has 0 aromatic rings. The summed E-state index contributed by atoms with van der Waals surface area (Å²) >= 11 is 3.53. The highest BCUT2D eigenvalue weighted by atomic mass is 79.9. The van der Waals surface area contributed by atoms with Crippen molar-refractivity contribution in [1.29, 1.82) is 0 Å². The molecular formula is C39H65BrO3. The Morgan fingerprint density at radius 1 is 0.860 bits per heavy atom. The third-order valence-corrected chi connectivity index (χ3v) is 15.9. The molecule has 5 rings (SSSR count). The highest BCUT2D eigenvalue weighted by Gasteiger charge is 2.69. The first-order chi connectivity index (χ1) is 20.3. The minimum absolute atomic E-state index is 0.0225. The summed E-state index contributed by atoms with van der Waals surface area (Å²) < 4.78 is 6.24. The van der Waals surface area contributed by atoms with Crippen LogP contribution in [-0.2, 0) is 9.53 Å². The molecule has 0 unspecified atom stereocenters. The maximum Gasteiger partial charge on any atom is 0.312 e. The van der Waals surface area contributed by atoms with Crippen LogP contribution in [0, 0.1) is 56.7 Å². The molecule has 0 radical (unpaired) electrons. The molecule has 10 atom stereocenters. The number of alkyl halides is 1. The first-order valence-corrected chi connectivity index (χ1v) is 19.5. The molecule has 0 heterocycles. The van der Waals surface area contributed by atoms with E-state index in [1.54, 1.807) is 5.57 Å². The monoisotopic (exact) mass is 660 g/mol. The number of hydrogen-bond acceptors (Lipinski definition) is 3. The largest absolute Gasteiger partial charge is 0.465 e. The maximum absolute atomic E-state index is 14.2. The van der Waals surface area contributed by atoms with Gasteiger partial charge in [-0.25, -0.2) is 0 Å². The zero-order valence-corrected chi connectivity index (χ0v) is 30.5. The number of allylic oxidation sites excluding steroid dienone is 2. The van der Waals surface area contributed by atoms with Gasteiger partial charge in [-0.2, -0.15) is 0 Å². The predicted octanol–water partition coefficient (Wildman–Crippen LogP) is 10.7. The lowest BCUT2D eigenvalue weighted by atomic mass is 9.33. The van der Waals surface area contributed by atoms with Crippen molar-refractivity contribution in [1.82, 2.24) is 0 Å². The zero-order valence-electron chi connectivity index (χ0n) is 28.9. The number of fused-ring (bicyclic) bond motifs is 7. The van der Waals surface area contributed by atoms with E-state index in [9.17, 15) is 9.90 Å². The highest BCUT2D eigenvalue weighted by molar-refractivity contribution is 9.09. The Morgan fingerprint density at radius 3 is 2.23 bits per heavy atom. The minimum atomic E-state index is -0.339. The number of halogens is 1. The molecule has 0 aromatic carbocycles. The second-order valence-electron chi connectivity index (χ2n) is 17.5. The van der Waals surface area contributed by atoms with Gasteiger partial charge < -0.3 is 9.84 Å². The summed E-state index contributed by atoms with van der Waals surface area (Å²) in [7, 11) is 0. The van der Waals surface area contributed by atoms with E-state index in [1.165, 1.54) is 51.4 Å². The second-order valence-corrected chi connectivity index (χ2v) is 18.3. The van der Waals surface area contributed by atoms with E-state index in [4.69, 9.17) is 4.74 Å². The topological polar surface area (TPSA) is 46.5 Å². The van der Waals surface area contributed by atoms with Gasteiger partial charge in [-0.15, -0.1) is 0 Å². The average Bonchev–Trinajstić information content (AvgIpc) is 2.96. The van der Waals surface area contributed by atoms with Crippen LogP contribution < -0.4 is 0 Å². The van der Waals surface area contributed by atoms with Crippen molar-refractivity contribution in [3.05, 3.63) is 11.6 Å². The van der Waals surface area contributed by atoms with Crippen LogP contribution in [0.2, 0.25) is 0 Å². The van der Waals surface area contributed by atoms with Crippen molar-refractivity contribution in [3.8, 4) is 0 Å². The predicted molar refractivity (Wildman–Crippen MR) is 182 cm³/mol. The lowest BCUT2D eigenvalue weighted by Gasteiger charge is -2.71. The molecule has 0 saturated heterocycles. The van der Waals surface area contributed by atoms with Gasteiger partial charge in [0.15, 0.2) is 0 Å². The maximum atomic E-state index is 14.2. The van der Waals surface area contributed by atoms with Crippen molar-refractivity contribution in [2.45, 2.75) is 157 Å². The van der Waals surface area contributed by atoms with Gasteiger partial charge in [-0.1, -0.05) is 108 Å². The van der Waals surface area contributed by atoms with E-state index < -0.39 is 0 Å². The molecule has 4 heteroatoms. The number of esters is 1. The molecule has 246 valence electrons. The fourth-order valence-electron chi connectivity index (χ4n) is 12.2. The Kier molecular flexibility index (Phi) is 10.0. The number of aliphatic hydroxyl groups excluding tert-OH is 1. The van der Waals surface area contributed by atoms with Gasteiger partial charge >= 0.3 is 5.97 Å². The van der Waals surface area contributed by atoms with Gasteiger partial charge in [-0.05, 0) is 122 Å². The Morgan fingerprint density at radius 2 is 1.53 bits per heavy atom. The first-order valence-electron chi connectivity index (χ1n) is 18.4. The van der Waals surface area contributed by atoms with E-state index in [1.807, 2.05) is 0 Å². The van der Waals surface area contributed by atoms with Crippen molar-refractivity contribution in [3.63, 3.8) is 0 Å². The van der Waals surface area contributed by atoms with Crippen molar-refractivity contribution >= 4 is 21.9 Å². The Hall–Kier alpha value is -0.350. The summed E-state index contributed by atoms with van der Waals surface area (Å²) in [6.45, 7) is 18.0. The first kappa shape index (κ1) is 34.0. The molecular weight excluding hydrogens is 596 g/mol. The van der Waals surface area contributed by atoms with Gasteiger partial charge in [0.05, 0.1) is 18.1 Å². The van der Waals surface area contributed by atoms with Crippen LogP contribution in [0.15, 0.2) is 11.6 Å². The molecule has 43 heavy (non-hydrogen) atoms. The zero-order chi connectivity index (χ0) is 31.3. The van der Waals surface area contributed by atoms with Crippen LogP contribution in [-0.4, -0.2) is 29.1 Å². The fraction of sp³-hybridized carbons (Fsp3) is 0.923. The number of aliphatic hydroxyl groups is 1. The van der Waals surface area contributed by atoms with Crippen LogP contribution in [0.5, 0.6) is 0 Å². The molecule has 1 N–H and O–H groups in total. The molecule has 0 amide bonds. The highest BCUT2D eigenvalue weighted by Crippen LogP contribution is 2.75. The van der Waals surface area contributed by atoms with E-state index >= 15 is 0 Å². The molecule has 5 aliphatic carbocycles. The Bertz CT molecular complexity index is 1040. The third-order valence-electron chi connectivity index (χ3n) is 15.4. The SMILES string of the molecule is C[C@H]1[C@H](C)CC[C@]2(C(=O)OCCCCCCCCCBr)CC[C@]3(C)C(=CC[C@@H]4[C@@]5(C)CC[C@H](O)C(C)(C)[C@@H]5CC[C@]43C)[C@H]12. The van der Waals surface area contributed by atoms with Gasteiger partial charge in [-0.3, -0.25) is 4.79 Å². The lowest BCUT2D eigenvalue weighted by Crippen LogP contribution is -2.65. The summed E-state index contributed by atoms with van der Waals surface area (Å²) in [5, 5.41) is 12.2. The number of hydrogen-bond donors (Lipinski definition) is 1. The van der Waals surface area contributed by atoms with E-state index in [2.05, 4.69) is 70.5 Å². The summed E-state index contributed by atoms with van der Waals surface area (Å²) in [5.41, 5.74) is 1.88. The van der Waals surface area contributed by atoms with Gasteiger partial charge in [0.2, 0.25) is 0 Å². The quantitative estimate of drug-likeness (QED) is 0.110. The molecule has 0 aliphatic heterocycles.